The average Bonchev–Trinajstić information content (AvgIpc) is 2.50. The van der Waals surface area contributed by atoms with Gasteiger partial charge in [0.25, 0.3) is 0 Å². The van der Waals surface area contributed by atoms with Crippen molar-refractivity contribution in [1.82, 2.24) is 10.6 Å². The molecular weight excluding hydrogens is 224 g/mol. The topological polar surface area (TPSA) is 37.2 Å². The van der Waals surface area contributed by atoms with Gasteiger partial charge in [-0.2, -0.15) is 0 Å². The highest BCUT2D eigenvalue weighted by Crippen LogP contribution is 2.20. The molecule has 1 atom stereocenters. The van der Waals surface area contributed by atoms with E-state index in [0.717, 1.165) is 31.2 Å². The summed E-state index contributed by atoms with van der Waals surface area (Å²) in [6, 6.07) is 0.470. The second-order valence-corrected chi connectivity index (χ2v) is 5.65. The van der Waals surface area contributed by atoms with Gasteiger partial charge >= 0.3 is 0 Å². The molecule has 1 aromatic rings. The first-order chi connectivity index (χ1) is 8.41. The van der Waals surface area contributed by atoms with Crippen LogP contribution < -0.4 is 10.6 Å². The lowest BCUT2D eigenvalue weighted by molar-refractivity contribution is 0.466. The third-order valence-corrected chi connectivity index (χ3v) is 3.34. The van der Waals surface area contributed by atoms with E-state index < -0.39 is 0 Å². The van der Waals surface area contributed by atoms with Crippen LogP contribution in [0.3, 0.4) is 0 Å². The molecule has 1 unspecified atom stereocenters. The van der Waals surface area contributed by atoms with Crippen LogP contribution in [0, 0.1) is 26.7 Å². The van der Waals surface area contributed by atoms with Gasteiger partial charge in [0, 0.05) is 24.7 Å². The van der Waals surface area contributed by atoms with Crippen molar-refractivity contribution in [3.63, 3.8) is 0 Å². The van der Waals surface area contributed by atoms with Gasteiger partial charge in [-0.15, -0.1) is 0 Å². The van der Waals surface area contributed by atoms with Gasteiger partial charge in [-0.1, -0.05) is 13.8 Å². The van der Waals surface area contributed by atoms with Crippen molar-refractivity contribution >= 4 is 0 Å². The van der Waals surface area contributed by atoms with Crippen molar-refractivity contribution in [3.05, 3.63) is 22.6 Å². The Hall–Kier alpha value is -0.800. The lowest BCUT2D eigenvalue weighted by Crippen LogP contribution is -2.37. The minimum absolute atomic E-state index is 0.470. The van der Waals surface area contributed by atoms with Crippen LogP contribution in [-0.4, -0.2) is 19.1 Å². The third kappa shape index (κ3) is 4.46. The zero-order valence-electron chi connectivity index (χ0n) is 12.7. The quantitative estimate of drug-likeness (QED) is 0.783. The fourth-order valence-electron chi connectivity index (χ4n) is 2.04. The number of hydrogen-bond donors (Lipinski definition) is 2. The predicted molar refractivity (Wildman–Crippen MR) is 76.9 cm³/mol. The van der Waals surface area contributed by atoms with Crippen LogP contribution >= 0.6 is 0 Å². The van der Waals surface area contributed by atoms with Crippen LogP contribution in [0.25, 0.3) is 0 Å². The van der Waals surface area contributed by atoms with Crippen LogP contribution in [0.2, 0.25) is 0 Å². The van der Waals surface area contributed by atoms with E-state index in [0.29, 0.717) is 12.0 Å². The fourth-order valence-corrected chi connectivity index (χ4v) is 2.04. The smallest absolute Gasteiger partial charge is 0.105 e. The molecule has 18 heavy (non-hydrogen) atoms. The molecule has 0 radical (unpaired) electrons. The summed E-state index contributed by atoms with van der Waals surface area (Å²) in [7, 11) is 0. The van der Waals surface area contributed by atoms with E-state index >= 15 is 0 Å². The van der Waals surface area contributed by atoms with Gasteiger partial charge in [0.1, 0.15) is 11.5 Å². The SMILES string of the molecule is Cc1oc(C)c(CNC(C)CNCC(C)C)c1C. The Morgan fingerprint density at radius 3 is 2.17 bits per heavy atom. The summed E-state index contributed by atoms with van der Waals surface area (Å²) >= 11 is 0. The molecule has 0 saturated carbocycles. The van der Waals surface area contributed by atoms with Crippen molar-refractivity contribution < 1.29 is 4.42 Å². The number of aryl methyl sites for hydroxylation is 2. The number of hydrogen-bond acceptors (Lipinski definition) is 3. The highest BCUT2D eigenvalue weighted by Gasteiger charge is 2.11. The highest BCUT2D eigenvalue weighted by atomic mass is 16.3. The molecule has 0 fully saturated rings. The number of furan rings is 1. The molecule has 2 N–H and O–H groups in total. The van der Waals surface area contributed by atoms with Gasteiger partial charge in [-0.25, -0.2) is 0 Å². The maximum atomic E-state index is 5.63. The Labute approximate surface area is 111 Å². The predicted octanol–water partition coefficient (Wildman–Crippen LogP) is 2.93. The largest absolute Gasteiger partial charge is 0.466 e. The molecule has 0 bridgehead atoms. The van der Waals surface area contributed by atoms with Gasteiger partial charge in [-0.05, 0) is 45.7 Å². The molecule has 0 amide bonds. The van der Waals surface area contributed by atoms with E-state index in [1.807, 2.05) is 13.8 Å². The lowest BCUT2D eigenvalue weighted by Gasteiger charge is -2.16. The van der Waals surface area contributed by atoms with Crippen molar-refractivity contribution in [1.29, 1.82) is 0 Å². The van der Waals surface area contributed by atoms with E-state index in [1.165, 1.54) is 11.1 Å². The van der Waals surface area contributed by atoms with E-state index in [2.05, 4.69) is 38.3 Å². The molecule has 1 heterocycles. The molecule has 0 saturated heterocycles. The van der Waals surface area contributed by atoms with Gasteiger partial charge in [0.15, 0.2) is 0 Å². The molecule has 0 aromatic carbocycles. The summed E-state index contributed by atoms with van der Waals surface area (Å²) in [6.45, 7) is 15.8. The normalized spacial score (nSPS) is 13.3. The Morgan fingerprint density at radius 2 is 1.67 bits per heavy atom. The van der Waals surface area contributed by atoms with Gasteiger partial charge < -0.3 is 15.1 Å². The maximum Gasteiger partial charge on any atom is 0.105 e. The van der Waals surface area contributed by atoms with Crippen LogP contribution in [-0.2, 0) is 6.54 Å². The summed E-state index contributed by atoms with van der Waals surface area (Å²) in [5, 5.41) is 7.01. The van der Waals surface area contributed by atoms with Crippen LogP contribution in [0.1, 0.15) is 43.4 Å². The van der Waals surface area contributed by atoms with Crippen LogP contribution in [0.4, 0.5) is 0 Å². The highest BCUT2D eigenvalue weighted by molar-refractivity contribution is 5.31. The molecule has 0 spiro atoms. The van der Waals surface area contributed by atoms with E-state index in [1.54, 1.807) is 0 Å². The zero-order chi connectivity index (χ0) is 13.7. The molecule has 0 aliphatic heterocycles. The molecule has 3 heteroatoms. The first kappa shape index (κ1) is 15.3. The third-order valence-electron chi connectivity index (χ3n) is 3.34. The summed E-state index contributed by atoms with van der Waals surface area (Å²) in [5.74, 6) is 2.79. The number of nitrogens with one attached hydrogen (secondary N) is 2. The minimum Gasteiger partial charge on any atom is -0.466 e. The standard InChI is InChI=1S/C15H28N2O/c1-10(2)7-16-8-11(3)17-9-15-12(4)13(5)18-14(15)6/h10-11,16-17H,7-9H2,1-6H3. The first-order valence-electron chi connectivity index (χ1n) is 6.91. The van der Waals surface area contributed by atoms with Gasteiger partial charge in [0.05, 0.1) is 0 Å². The van der Waals surface area contributed by atoms with Crippen molar-refractivity contribution in [3.8, 4) is 0 Å². The monoisotopic (exact) mass is 252 g/mol. The summed E-state index contributed by atoms with van der Waals surface area (Å²) in [6.07, 6.45) is 0. The van der Waals surface area contributed by atoms with Gasteiger partial charge in [0.2, 0.25) is 0 Å². The van der Waals surface area contributed by atoms with Gasteiger partial charge in [-0.3, -0.25) is 0 Å². The fraction of sp³-hybridized carbons (Fsp3) is 0.733. The second-order valence-electron chi connectivity index (χ2n) is 5.65. The summed E-state index contributed by atoms with van der Waals surface area (Å²) in [5.41, 5.74) is 2.59. The second kappa shape index (κ2) is 6.95. The van der Waals surface area contributed by atoms with Crippen molar-refractivity contribution in [2.45, 2.75) is 54.1 Å². The minimum atomic E-state index is 0.470. The molecule has 1 aromatic heterocycles. The Morgan fingerprint density at radius 1 is 1.00 bits per heavy atom. The molecule has 0 aliphatic carbocycles. The molecule has 3 nitrogen and oxygen atoms in total. The Balaban J connectivity index is 2.36. The lowest BCUT2D eigenvalue weighted by atomic mass is 10.1. The Bertz CT molecular complexity index is 369. The van der Waals surface area contributed by atoms with E-state index in [4.69, 9.17) is 4.42 Å². The van der Waals surface area contributed by atoms with Crippen LogP contribution in [0.15, 0.2) is 4.42 Å². The van der Waals surface area contributed by atoms with Crippen molar-refractivity contribution in [2.24, 2.45) is 5.92 Å². The molecule has 1 rings (SSSR count). The van der Waals surface area contributed by atoms with Crippen molar-refractivity contribution in [2.75, 3.05) is 13.1 Å². The molecule has 104 valence electrons. The summed E-state index contributed by atoms with van der Waals surface area (Å²) in [4.78, 5) is 0. The van der Waals surface area contributed by atoms with E-state index in [-0.39, 0.29) is 0 Å². The summed E-state index contributed by atoms with van der Waals surface area (Å²) < 4.78 is 5.63. The number of rotatable bonds is 7. The zero-order valence-corrected chi connectivity index (χ0v) is 12.7. The molecule has 0 aliphatic rings. The molecular formula is C15H28N2O. The van der Waals surface area contributed by atoms with Crippen LogP contribution in [0.5, 0.6) is 0 Å². The Kier molecular flexibility index (Phi) is 5.89. The average molecular weight is 252 g/mol. The first-order valence-corrected chi connectivity index (χ1v) is 6.91. The maximum absolute atomic E-state index is 5.63. The van der Waals surface area contributed by atoms with E-state index in [9.17, 15) is 0 Å².